The molecule has 0 saturated carbocycles. The number of carboxylic acids is 1. The van der Waals surface area contributed by atoms with Crippen LogP contribution in [0.15, 0.2) is 17.5 Å². The number of aromatic nitrogens is 2. The highest BCUT2D eigenvalue weighted by molar-refractivity contribution is 7.98. The summed E-state index contributed by atoms with van der Waals surface area (Å²) in [6.45, 7) is 3.88. The van der Waals surface area contributed by atoms with Crippen molar-refractivity contribution in [1.82, 2.24) is 25.9 Å². The molecule has 3 amide bonds. The molecule has 0 saturated heterocycles. The Kier molecular flexibility index (Phi) is 14.8. The zero-order chi connectivity index (χ0) is 28.7. The third kappa shape index (κ3) is 12.8. The number of hydrogen-bond acceptors (Lipinski definition) is 8. The van der Waals surface area contributed by atoms with Crippen LogP contribution in [0.1, 0.15) is 45.2 Å². The lowest BCUT2D eigenvalue weighted by molar-refractivity contribution is -0.142. The second kappa shape index (κ2) is 17.2. The Hall–Kier alpha value is -3.33. The average Bonchev–Trinajstić information content (AvgIpc) is 3.35. The first-order valence-electron chi connectivity index (χ1n) is 12.4. The quantitative estimate of drug-likeness (QED) is 0.0602. The molecule has 1 aromatic rings. The normalized spacial score (nSPS) is 14.1. The van der Waals surface area contributed by atoms with Gasteiger partial charge in [0, 0.05) is 24.9 Å². The van der Waals surface area contributed by atoms with Crippen LogP contribution in [0.25, 0.3) is 0 Å². The van der Waals surface area contributed by atoms with Crippen LogP contribution in [0.5, 0.6) is 0 Å². The Morgan fingerprint density at radius 2 is 1.68 bits per heavy atom. The van der Waals surface area contributed by atoms with Gasteiger partial charge in [-0.05, 0) is 43.6 Å². The molecule has 0 aliphatic carbocycles. The minimum atomic E-state index is -1.18. The Morgan fingerprint density at radius 3 is 2.24 bits per heavy atom. The van der Waals surface area contributed by atoms with Gasteiger partial charge in [-0.25, -0.2) is 9.78 Å². The largest absolute Gasteiger partial charge is 0.480 e. The summed E-state index contributed by atoms with van der Waals surface area (Å²) in [4.78, 5) is 61.5. The van der Waals surface area contributed by atoms with Crippen LogP contribution in [-0.4, -0.2) is 87.4 Å². The number of nitrogens with one attached hydrogen (secondary N) is 4. The van der Waals surface area contributed by atoms with Crippen LogP contribution in [0, 0.1) is 5.92 Å². The number of amides is 3. The lowest BCUT2D eigenvalue weighted by Crippen LogP contribution is -2.57. The van der Waals surface area contributed by atoms with Crippen molar-refractivity contribution < 1.29 is 24.3 Å². The summed E-state index contributed by atoms with van der Waals surface area (Å²) in [6, 6.07) is -4.11. The molecule has 214 valence electrons. The number of nitrogens with zero attached hydrogens (tertiary/aromatic N) is 2. The van der Waals surface area contributed by atoms with Crippen LogP contribution in [0.4, 0.5) is 0 Å². The smallest absolute Gasteiger partial charge is 0.326 e. The van der Waals surface area contributed by atoms with E-state index in [-0.39, 0.29) is 37.7 Å². The fraction of sp³-hybridized carbons (Fsp3) is 0.652. The van der Waals surface area contributed by atoms with Gasteiger partial charge in [0.05, 0.1) is 12.4 Å². The molecule has 0 fully saturated rings. The van der Waals surface area contributed by atoms with Gasteiger partial charge in [0.2, 0.25) is 17.7 Å². The molecule has 0 aliphatic rings. The van der Waals surface area contributed by atoms with E-state index in [0.29, 0.717) is 24.3 Å². The topological polar surface area (TPSA) is 244 Å². The van der Waals surface area contributed by atoms with E-state index < -0.39 is 47.9 Å². The second-order valence-corrected chi connectivity index (χ2v) is 10.3. The predicted octanol–water partition coefficient (Wildman–Crippen LogP) is -1.33. The van der Waals surface area contributed by atoms with E-state index in [2.05, 4.69) is 30.9 Å². The van der Waals surface area contributed by atoms with Gasteiger partial charge >= 0.3 is 5.97 Å². The minimum Gasteiger partial charge on any atom is -0.480 e. The number of thioether (sulfide) groups is 1. The van der Waals surface area contributed by atoms with E-state index >= 15 is 0 Å². The third-order valence-electron chi connectivity index (χ3n) is 5.48. The van der Waals surface area contributed by atoms with Gasteiger partial charge in [0.1, 0.15) is 18.1 Å². The lowest BCUT2D eigenvalue weighted by Gasteiger charge is -2.25. The van der Waals surface area contributed by atoms with E-state index in [1.54, 1.807) is 11.8 Å². The van der Waals surface area contributed by atoms with Gasteiger partial charge in [-0.3, -0.25) is 19.4 Å². The van der Waals surface area contributed by atoms with Gasteiger partial charge in [-0.15, -0.1) is 0 Å². The van der Waals surface area contributed by atoms with Crippen LogP contribution < -0.4 is 33.2 Å². The van der Waals surface area contributed by atoms with E-state index in [1.807, 2.05) is 20.1 Å². The van der Waals surface area contributed by atoms with E-state index in [9.17, 15) is 24.3 Å². The van der Waals surface area contributed by atoms with Crippen molar-refractivity contribution in [2.75, 3.05) is 18.6 Å². The van der Waals surface area contributed by atoms with Crippen molar-refractivity contribution >= 4 is 41.4 Å². The molecule has 0 radical (unpaired) electrons. The predicted molar refractivity (Wildman–Crippen MR) is 146 cm³/mol. The number of carbonyl (C=O) groups is 4. The number of imidazole rings is 1. The highest BCUT2D eigenvalue weighted by Gasteiger charge is 2.30. The molecule has 0 bridgehead atoms. The summed E-state index contributed by atoms with van der Waals surface area (Å²) in [5.41, 5.74) is 17.3. The van der Waals surface area contributed by atoms with Crippen LogP contribution in [0.3, 0.4) is 0 Å². The fourth-order valence-electron chi connectivity index (χ4n) is 3.49. The third-order valence-corrected chi connectivity index (χ3v) is 6.13. The number of aromatic amines is 1. The lowest BCUT2D eigenvalue weighted by atomic mass is 10.0. The number of hydrogen-bond donors (Lipinski definition) is 8. The molecule has 4 unspecified atom stereocenters. The number of guanidine groups is 1. The van der Waals surface area contributed by atoms with E-state index in [1.165, 1.54) is 12.5 Å². The Balaban J connectivity index is 3.08. The fourth-order valence-corrected chi connectivity index (χ4v) is 3.98. The second-order valence-electron chi connectivity index (χ2n) is 9.27. The van der Waals surface area contributed by atoms with Crippen molar-refractivity contribution in [3.05, 3.63) is 18.2 Å². The first-order valence-corrected chi connectivity index (χ1v) is 13.7. The average molecular weight is 556 g/mol. The van der Waals surface area contributed by atoms with Crippen LogP contribution >= 0.6 is 11.8 Å². The Bertz CT molecular complexity index is 922. The maximum absolute atomic E-state index is 13.3. The molecule has 1 heterocycles. The maximum Gasteiger partial charge on any atom is 0.326 e. The zero-order valence-corrected chi connectivity index (χ0v) is 22.9. The first-order chi connectivity index (χ1) is 17.9. The van der Waals surface area contributed by atoms with Crippen molar-refractivity contribution in [3.8, 4) is 0 Å². The number of carboxylic acid groups (broad SMARTS) is 1. The monoisotopic (exact) mass is 555 g/mol. The Labute approximate surface area is 226 Å². The van der Waals surface area contributed by atoms with Crippen LogP contribution in [0.2, 0.25) is 0 Å². The Morgan fingerprint density at radius 1 is 1.05 bits per heavy atom. The standard InChI is InChI=1S/C23H41N9O5S/c1-13(2)9-18(22(36)37)32-20(34)16(5-4-7-28-23(25)26)30-21(35)17(10-14-11-27-12-29-14)31-19(33)15(24)6-8-38-3/h11-13,15-18H,4-10,24H2,1-3H3,(H,27,29)(H,30,35)(H,31,33)(H,32,34)(H,36,37)(H4,25,26,28). The number of H-pyrrole nitrogens is 1. The highest BCUT2D eigenvalue weighted by atomic mass is 32.2. The molecule has 1 rings (SSSR count). The molecule has 14 nitrogen and oxygen atoms in total. The molecule has 38 heavy (non-hydrogen) atoms. The summed E-state index contributed by atoms with van der Waals surface area (Å²) in [7, 11) is 0. The SMILES string of the molecule is CSCCC(N)C(=O)NC(Cc1cnc[nH]1)C(=O)NC(CCCN=C(N)N)C(=O)NC(CC(C)C)C(=O)O. The van der Waals surface area contributed by atoms with Gasteiger partial charge in [0.15, 0.2) is 5.96 Å². The zero-order valence-electron chi connectivity index (χ0n) is 22.1. The molecule has 4 atom stereocenters. The molecule has 1 aromatic heterocycles. The summed E-state index contributed by atoms with van der Waals surface area (Å²) in [5, 5.41) is 17.4. The summed E-state index contributed by atoms with van der Waals surface area (Å²) >= 11 is 1.55. The number of aliphatic imine (C=N–C) groups is 1. The van der Waals surface area contributed by atoms with Gasteiger partial charge in [0.25, 0.3) is 0 Å². The number of aliphatic carboxylic acids is 1. The molecular formula is C23H41N9O5S. The number of nitrogens with two attached hydrogens (primary N) is 3. The summed E-state index contributed by atoms with van der Waals surface area (Å²) in [5.74, 6) is -2.42. The van der Waals surface area contributed by atoms with E-state index in [0.717, 1.165) is 0 Å². The van der Waals surface area contributed by atoms with Crippen molar-refractivity contribution in [2.24, 2.45) is 28.1 Å². The molecular weight excluding hydrogens is 514 g/mol. The molecule has 11 N–H and O–H groups in total. The van der Waals surface area contributed by atoms with Gasteiger partial charge < -0.3 is 43.2 Å². The maximum atomic E-state index is 13.3. The van der Waals surface area contributed by atoms with Crippen molar-refractivity contribution in [3.63, 3.8) is 0 Å². The molecule has 0 spiro atoms. The minimum absolute atomic E-state index is 0.00984. The molecule has 0 aromatic carbocycles. The van der Waals surface area contributed by atoms with Gasteiger partial charge in [-0.1, -0.05) is 13.8 Å². The molecule has 15 heteroatoms. The summed E-state index contributed by atoms with van der Waals surface area (Å²) in [6.07, 6.45) is 6.01. The summed E-state index contributed by atoms with van der Waals surface area (Å²) < 4.78 is 0. The van der Waals surface area contributed by atoms with Crippen molar-refractivity contribution in [2.45, 2.75) is 70.1 Å². The highest BCUT2D eigenvalue weighted by Crippen LogP contribution is 2.08. The van der Waals surface area contributed by atoms with Crippen LogP contribution in [-0.2, 0) is 25.6 Å². The van der Waals surface area contributed by atoms with E-state index in [4.69, 9.17) is 17.2 Å². The number of rotatable bonds is 18. The van der Waals surface area contributed by atoms with Gasteiger partial charge in [-0.2, -0.15) is 11.8 Å². The number of carbonyl (C=O) groups excluding carboxylic acids is 3. The van der Waals surface area contributed by atoms with Crippen molar-refractivity contribution in [1.29, 1.82) is 0 Å². The molecule has 0 aliphatic heterocycles. The first kappa shape index (κ1) is 32.7.